The van der Waals surface area contributed by atoms with Crippen molar-refractivity contribution in [1.29, 1.82) is 0 Å². The number of ether oxygens (including phenoxy) is 1. The van der Waals surface area contributed by atoms with Gasteiger partial charge < -0.3 is 15.4 Å². The molecular formula is C14H20Cl2N2O2. The van der Waals surface area contributed by atoms with Crippen molar-refractivity contribution in [2.75, 3.05) is 26.2 Å². The van der Waals surface area contributed by atoms with Gasteiger partial charge in [-0.3, -0.25) is 4.79 Å². The number of amides is 1. The third kappa shape index (κ3) is 6.98. The van der Waals surface area contributed by atoms with E-state index in [0.717, 1.165) is 12.5 Å². The van der Waals surface area contributed by atoms with Crippen molar-refractivity contribution in [3.05, 3.63) is 29.3 Å². The Kier molecular flexibility index (Phi) is 7.73. The minimum absolute atomic E-state index is 0. The lowest BCUT2D eigenvalue weighted by Gasteiger charge is -2.08. The molecule has 1 aromatic rings. The molecule has 1 aromatic carbocycles. The molecule has 0 radical (unpaired) electrons. The molecule has 1 fully saturated rings. The highest BCUT2D eigenvalue weighted by molar-refractivity contribution is 6.30. The quantitative estimate of drug-likeness (QED) is 0.723. The summed E-state index contributed by atoms with van der Waals surface area (Å²) in [4.78, 5) is 11.5. The second-order valence-corrected chi connectivity index (χ2v) is 5.17. The number of carbonyl (C=O) groups excluding carboxylic acids is 1. The molecule has 1 aliphatic carbocycles. The zero-order valence-corrected chi connectivity index (χ0v) is 12.8. The number of hydrogen-bond acceptors (Lipinski definition) is 3. The number of halogens is 2. The van der Waals surface area contributed by atoms with Gasteiger partial charge in [0.05, 0.1) is 13.1 Å². The average Bonchev–Trinajstić information content (AvgIpc) is 3.19. The minimum Gasteiger partial charge on any atom is -0.492 e. The number of carbonyl (C=O) groups is 1. The number of nitrogens with one attached hydrogen (secondary N) is 2. The van der Waals surface area contributed by atoms with Crippen LogP contribution in [-0.2, 0) is 4.79 Å². The smallest absolute Gasteiger partial charge is 0.234 e. The summed E-state index contributed by atoms with van der Waals surface area (Å²) >= 11 is 5.84. The van der Waals surface area contributed by atoms with Crippen molar-refractivity contribution in [2.24, 2.45) is 5.92 Å². The van der Waals surface area contributed by atoms with Gasteiger partial charge in [-0.2, -0.15) is 0 Å². The van der Waals surface area contributed by atoms with E-state index in [0.29, 0.717) is 30.5 Å². The average molecular weight is 319 g/mol. The van der Waals surface area contributed by atoms with E-state index in [1.54, 1.807) is 12.1 Å². The number of benzene rings is 1. The van der Waals surface area contributed by atoms with E-state index in [-0.39, 0.29) is 18.3 Å². The molecule has 4 nitrogen and oxygen atoms in total. The molecule has 1 aliphatic rings. The third-order valence-corrected chi connectivity index (χ3v) is 3.14. The third-order valence-electron chi connectivity index (χ3n) is 2.90. The standard InChI is InChI=1S/C14H19ClN2O2.ClH/c15-12-2-1-3-13(8-12)19-7-6-17-14(18)10-16-9-11-4-5-11;/h1-3,8,11,16H,4-7,9-10H2,(H,17,18);1H. The van der Waals surface area contributed by atoms with Crippen LogP contribution in [0.5, 0.6) is 5.75 Å². The number of rotatable bonds is 8. The lowest BCUT2D eigenvalue weighted by atomic mass is 10.3. The fourth-order valence-electron chi connectivity index (χ4n) is 1.69. The largest absolute Gasteiger partial charge is 0.492 e. The lowest BCUT2D eigenvalue weighted by molar-refractivity contribution is -0.120. The molecule has 0 bridgehead atoms. The van der Waals surface area contributed by atoms with Crippen molar-refractivity contribution < 1.29 is 9.53 Å². The second-order valence-electron chi connectivity index (χ2n) is 4.73. The van der Waals surface area contributed by atoms with Crippen LogP contribution in [-0.4, -0.2) is 32.1 Å². The molecule has 1 amide bonds. The summed E-state index contributed by atoms with van der Waals surface area (Å²) in [5.41, 5.74) is 0. The van der Waals surface area contributed by atoms with E-state index in [1.165, 1.54) is 12.8 Å². The van der Waals surface area contributed by atoms with Gasteiger partial charge in [0.25, 0.3) is 0 Å². The van der Waals surface area contributed by atoms with Crippen molar-refractivity contribution in [2.45, 2.75) is 12.8 Å². The molecular weight excluding hydrogens is 299 g/mol. The summed E-state index contributed by atoms with van der Waals surface area (Å²) in [5, 5.41) is 6.59. The predicted octanol–water partition coefficient (Wildman–Crippen LogP) is 2.26. The van der Waals surface area contributed by atoms with Crippen LogP contribution < -0.4 is 15.4 Å². The van der Waals surface area contributed by atoms with Crippen LogP contribution >= 0.6 is 24.0 Å². The summed E-state index contributed by atoms with van der Waals surface area (Å²) in [6, 6.07) is 7.21. The van der Waals surface area contributed by atoms with Gasteiger partial charge in [-0.05, 0) is 43.5 Å². The van der Waals surface area contributed by atoms with Gasteiger partial charge in [0.1, 0.15) is 12.4 Å². The van der Waals surface area contributed by atoms with Gasteiger partial charge in [-0.15, -0.1) is 12.4 Å². The van der Waals surface area contributed by atoms with Gasteiger partial charge >= 0.3 is 0 Å². The first-order chi connectivity index (χ1) is 9.24. The Balaban J connectivity index is 0.00000200. The van der Waals surface area contributed by atoms with Crippen LogP contribution in [0.1, 0.15) is 12.8 Å². The molecule has 0 saturated heterocycles. The Hall–Kier alpha value is -0.970. The molecule has 20 heavy (non-hydrogen) atoms. The topological polar surface area (TPSA) is 50.4 Å². The Labute approximate surface area is 130 Å². The Morgan fingerprint density at radius 1 is 1.40 bits per heavy atom. The lowest BCUT2D eigenvalue weighted by Crippen LogP contribution is -2.36. The predicted molar refractivity (Wildman–Crippen MR) is 82.8 cm³/mol. The molecule has 6 heteroatoms. The van der Waals surface area contributed by atoms with Crippen LogP contribution in [0, 0.1) is 5.92 Å². The summed E-state index contributed by atoms with van der Waals surface area (Å²) in [6.45, 7) is 2.27. The van der Waals surface area contributed by atoms with E-state index in [4.69, 9.17) is 16.3 Å². The van der Waals surface area contributed by atoms with Gasteiger partial charge in [-0.25, -0.2) is 0 Å². The maximum absolute atomic E-state index is 11.5. The van der Waals surface area contributed by atoms with E-state index < -0.39 is 0 Å². The minimum atomic E-state index is 0. The second kappa shape index (κ2) is 9.06. The van der Waals surface area contributed by atoms with Crippen LogP contribution in [0.25, 0.3) is 0 Å². The van der Waals surface area contributed by atoms with Crippen molar-refractivity contribution >= 4 is 29.9 Å². The van der Waals surface area contributed by atoms with Crippen molar-refractivity contribution in [3.63, 3.8) is 0 Å². The van der Waals surface area contributed by atoms with Gasteiger partial charge in [-0.1, -0.05) is 17.7 Å². The highest BCUT2D eigenvalue weighted by atomic mass is 35.5. The van der Waals surface area contributed by atoms with Gasteiger partial charge in [0.2, 0.25) is 5.91 Å². The molecule has 0 aromatic heterocycles. The molecule has 112 valence electrons. The summed E-state index contributed by atoms with van der Waals surface area (Å²) in [5.74, 6) is 1.52. The molecule has 0 atom stereocenters. The van der Waals surface area contributed by atoms with E-state index in [2.05, 4.69) is 10.6 Å². The first-order valence-corrected chi connectivity index (χ1v) is 6.97. The maximum atomic E-state index is 11.5. The first-order valence-electron chi connectivity index (χ1n) is 6.60. The zero-order valence-electron chi connectivity index (χ0n) is 11.2. The summed E-state index contributed by atoms with van der Waals surface area (Å²) in [6.07, 6.45) is 2.59. The molecule has 0 spiro atoms. The molecule has 2 N–H and O–H groups in total. The van der Waals surface area contributed by atoms with Gasteiger partial charge in [0.15, 0.2) is 0 Å². The highest BCUT2D eigenvalue weighted by Crippen LogP contribution is 2.27. The zero-order chi connectivity index (χ0) is 13.5. The first kappa shape index (κ1) is 17.1. The summed E-state index contributed by atoms with van der Waals surface area (Å²) < 4.78 is 5.47. The Bertz CT molecular complexity index is 425. The fourth-order valence-corrected chi connectivity index (χ4v) is 1.87. The van der Waals surface area contributed by atoms with Crippen molar-refractivity contribution in [3.8, 4) is 5.75 Å². The molecule has 0 aliphatic heterocycles. The normalized spacial score (nSPS) is 13.4. The fraction of sp³-hybridized carbons (Fsp3) is 0.500. The monoisotopic (exact) mass is 318 g/mol. The molecule has 0 heterocycles. The van der Waals surface area contributed by atoms with Crippen LogP contribution in [0.2, 0.25) is 5.02 Å². The molecule has 2 rings (SSSR count). The van der Waals surface area contributed by atoms with Crippen molar-refractivity contribution in [1.82, 2.24) is 10.6 Å². The van der Waals surface area contributed by atoms with Crippen LogP contribution in [0.15, 0.2) is 24.3 Å². The van der Waals surface area contributed by atoms with E-state index >= 15 is 0 Å². The van der Waals surface area contributed by atoms with Crippen LogP contribution in [0.3, 0.4) is 0 Å². The van der Waals surface area contributed by atoms with E-state index in [1.807, 2.05) is 12.1 Å². The molecule has 0 unspecified atom stereocenters. The maximum Gasteiger partial charge on any atom is 0.234 e. The van der Waals surface area contributed by atoms with Crippen LogP contribution in [0.4, 0.5) is 0 Å². The number of hydrogen-bond donors (Lipinski definition) is 2. The Morgan fingerprint density at radius 3 is 2.90 bits per heavy atom. The Morgan fingerprint density at radius 2 is 2.20 bits per heavy atom. The molecule has 1 saturated carbocycles. The highest BCUT2D eigenvalue weighted by Gasteiger charge is 2.20. The van der Waals surface area contributed by atoms with Gasteiger partial charge in [0, 0.05) is 5.02 Å². The SMILES string of the molecule is Cl.O=C(CNCC1CC1)NCCOc1cccc(Cl)c1. The summed E-state index contributed by atoms with van der Waals surface area (Å²) in [7, 11) is 0. The van der Waals surface area contributed by atoms with E-state index in [9.17, 15) is 4.79 Å².